The average Bonchev–Trinajstić information content (AvgIpc) is 3.19. The van der Waals surface area contributed by atoms with Crippen molar-refractivity contribution in [1.82, 2.24) is 4.31 Å². The van der Waals surface area contributed by atoms with Gasteiger partial charge < -0.3 is 5.73 Å². The Morgan fingerprint density at radius 1 is 1.48 bits per heavy atom. The number of rotatable bonds is 6. The van der Waals surface area contributed by atoms with Crippen LogP contribution in [0.15, 0.2) is 23.1 Å². The molecule has 7 heteroatoms. The molecular formula is C14H19FN2O2S2. The van der Waals surface area contributed by atoms with Gasteiger partial charge in [0.05, 0.1) is 4.90 Å². The zero-order valence-corrected chi connectivity index (χ0v) is 13.7. The van der Waals surface area contributed by atoms with E-state index >= 15 is 0 Å². The molecule has 1 aliphatic rings. The van der Waals surface area contributed by atoms with Crippen molar-refractivity contribution in [2.45, 2.75) is 37.6 Å². The van der Waals surface area contributed by atoms with E-state index in [0.29, 0.717) is 12.5 Å². The Labute approximate surface area is 130 Å². The van der Waals surface area contributed by atoms with E-state index in [-0.39, 0.29) is 21.5 Å². The van der Waals surface area contributed by atoms with E-state index in [1.165, 1.54) is 16.4 Å². The largest absolute Gasteiger partial charge is 0.389 e. The third-order valence-electron chi connectivity index (χ3n) is 3.52. The summed E-state index contributed by atoms with van der Waals surface area (Å²) in [6.07, 6.45) is 2.11. The highest BCUT2D eigenvalue weighted by Gasteiger charge is 2.33. The van der Waals surface area contributed by atoms with Crippen LogP contribution in [0.3, 0.4) is 0 Å². The lowest BCUT2D eigenvalue weighted by molar-refractivity contribution is 0.341. The minimum atomic E-state index is -3.68. The molecule has 1 fully saturated rings. The van der Waals surface area contributed by atoms with Gasteiger partial charge in [0.2, 0.25) is 10.0 Å². The monoisotopic (exact) mass is 330 g/mol. The van der Waals surface area contributed by atoms with Crippen LogP contribution in [-0.4, -0.2) is 30.3 Å². The summed E-state index contributed by atoms with van der Waals surface area (Å²) in [5.41, 5.74) is 5.40. The lowest BCUT2D eigenvalue weighted by Crippen LogP contribution is -2.38. The molecule has 2 N–H and O–H groups in total. The van der Waals surface area contributed by atoms with Gasteiger partial charge in [-0.25, -0.2) is 12.8 Å². The van der Waals surface area contributed by atoms with Crippen molar-refractivity contribution in [1.29, 1.82) is 0 Å². The molecule has 0 heterocycles. The molecule has 1 aromatic rings. The summed E-state index contributed by atoms with van der Waals surface area (Å²) in [4.78, 5) is -0.121. The Hall–Kier alpha value is -1.05. The topological polar surface area (TPSA) is 63.4 Å². The Morgan fingerprint density at radius 3 is 2.57 bits per heavy atom. The summed E-state index contributed by atoms with van der Waals surface area (Å²) in [5.74, 6) is -0.183. The summed E-state index contributed by atoms with van der Waals surface area (Å²) < 4.78 is 40.6. The molecule has 0 radical (unpaired) electrons. The minimum absolute atomic E-state index is 0.0288. The molecule has 0 unspecified atom stereocenters. The van der Waals surface area contributed by atoms with Crippen molar-refractivity contribution in [2.24, 2.45) is 11.7 Å². The number of thiocarbonyl (C=S) groups is 1. The molecule has 1 saturated carbocycles. The van der Waals surface area contributed by atoms with E-state index in [4.69, 9.17) is 18.0 Å². The van der Waals surface area contributed by atoms with Gasteiger partial charge in [0.1, 0.15) is 10.8 Å². The number of hydrogen-bond acceptors (Lipinski definition) is 3. The predicted molar refractivity (Wildman–Crippen MR) is 84.0 cm³/mol. The van der Waals surface area contributed by atoms with Crippen LogP contribution >= 0.6 is 12.2 Å². The van der Waals surface area contributed by atoms with Crippen molar-refractivity contribution in [3.05, 3.63) is 29.6 Å². The first-order chi connectivity index (χ1) is 9.73. The summed E-state index contributed by atoms with van der Waals surface area (Å²) in [6, 6.07) is 3.41. The fraction of sp³-hybridized carbons (Fsp3) is 0.500. The molecule has 0 amide bonds. The molecule has 1 aliphatic carbocycles. The summed E-state index contributed by atoms with van der Waals surface area (Å²) in [5, 5.41) is 0. The standard InChI is InChI=1S/C14H19FN2O2S2/c1-9(2)17(8-10-3-4-10)21(18,19)11-5-6-13(15)12(7-11)14(16)20/h5-7,9-10H,3-4,8H2,1-2H3,(H2,16,20). The van der Waals surface area contributed by atoms with Crippen LogP contribution in [0.4, 0.5) is 4.39 Å². The van der Waals surface area contributed by atoms with E-state index < -0.39 is 15.8 Å². The lowest BCUT2D eigenvalue weighted by Gasteiger charge is -2.26. The van der Waals surface area contributed by atoms with Crippen molar-refractivity contribution >= 4 is 27.2 Å². The van der Waals surface area contributed by atoms with Crippen LogP contribution in [-0.2, 0) is 10.0 Å². The highest BCUT2D eigenvalue weighted by Crippen LogP contribution is 2.32. The fourth-order valence-electron chi connectivity index (χ4n) is 2.13. The normalized spacial score (nSPS) is 15.7. The highest BCUT2D eigenvalue weighted by molar-refractivity contribution is 7.89. The fourth-order valence-corrected chi connectivity index (χ4v) is 4.03. The van der Waals surface area contributed by atoms with Crippen molar-refractivity contribution < 1.29 is 12.8 Å². The molecule has 0 aliphatic heterocycles. The molecule has 0 spiro atoms. The maximum Gasteiger partial charge on any atom is 0.243 e. The van der Waals surface area contributed by atoms with Crippen molar-refractivity contribution in [3.63, 3.8) is 0 Å². The predicted octanol–water partition coefficient (Wildman–Crippen LogP) is 2.27. The van der Waals surface area contributed by atoms with Crippen LogP contribution in [0, 0.1) is 11.7 Å². The molecule has 21 heavy (non-hydrogen) atoms. The van der Waals surface area contributed by atoms with Crippen LogP contribution in [0.5, 0.6) is 0 Å². The van der Waals surface area contributed by atoms with E-state index in [1.807, 2.05) is 13.8 Å². The van der Waals surface area contributed by atoms with Gasteiger partial charge >= 0.3 is 0 Å². The molecule has 0 atom stereocenters. The number of nitrogens with two attached hydrogens (primary N) is 1. The Morgan fingerprint density at radius 2 is 2.10 bits per heavy atom. The van der Waals surface area contributed by atoms with Gasteiger partial charge in [-0.05, 0) is 50.8 Å². The second-order valence-corrected chi connectivity index (χ2v) is 7.95. The lowest BCUT2D eigenvalue weighted by atomic mass is 10.2. The third-order valence-corrected chi connectivity index (χ3v) is 5.78. The van der Waals surface area contributed by atoms with Crippen LogP contribution < -0.4 is 5.73 Å². The van der Waals surface area contributed by atoms with E-state index in [1.54, 1.807) is 0 Å². The Balaban J connectivity index is 2.41. The second kappa shape index (κ2) is 5.98. The first-order valence-corrected chi connectivity index (χ1v) is 8.69. The van der Waals surface area contributed by atoms with Gasteiger partial charge in [0.15, 0.2) is 0 Å². The van der Waals surface area contributed by atoms with Gasteiger partial charge in [-0.2, -0.15) is 4.31 Å². The molecule has 0 aromatic heterocycles. The SMILES string of the molecule is CC(C)N(CC1CC1)S(=O)(=O)c1ccc(F)c(C(N)=S)c1. The van der Waals surface area contributed by atoms with Crippen LogP contribution in [0.2, 0.25) is 0 Å². The molecule has 0 saturated heterocycles. The minimum Gasteiger partial charge on any atom is -0.389 e. The van der Waals surface area contributed by atoms with Crippen molar-refractivity contribution in [3.8, 4) is 0 Å². The number of nitrogens with zero attached hydrogens (tertiary/aromatic N) is 1. The maximum atomic E-state index is 13.6. The van der Waals surface area contributed by atoms with E-state index in [2.05, 4.69) is 0 Å². The smallest absolute Gasteiger partial charge is 0.243 e. The van der Waals surface area contributed by atoms with Gasteiger partial charge in [-0.3, -0.25) is 0 Å². The molecule has 0 bridgehead atoms. The summed E-state index contributed by atoms with van der Waals surface area (Å²) >= 11 is 4.76. The summed E-state index contributed by atoms with van der Waals surface area (Å²) in [6.45, 7) is 4.16. The molecule has 2 rings (SSSR count). The molecule has 1 aromatic carbocycles. The molecule has 4 nitrogen and oxygen atoms in total. The van der Waals surface area contributed by atoms with E-state index in [0.717, 1.165) is 18.9 Å². The quantitative estimate of drug-likeness (QED) is 0.813. The average molecular weight is 330 g/mol. The Kier molecular flexibility index (Phi) is 4.65. The highest BCUT2D eigenvalue weighted by atomic mass is 32.2. The van der Waals surface area contributed by atoms with Gasteiger partial charge in [-0.15, -0.1) is 0 Å². The molecular weight excluding hydrogens is 311 g/mol. The van der Waals surface area contributed by atoms with Crippen LogP contribution in [0.1, 0.15) is 32.3 Å². The first kappa shape index (κ1) is 16.3. The second-order valence-electron chi connectivity index (χ2n) is 5.62. The number of benzene rings is 1. The van der Waals surface area contributed by atoms with Gasteiger partial charge in [0, 0.05) is 18.2 Å². The number of halogens is 1. The van der Waals surface area contributed by atoms with E-state index in [9.17, 15) is 12.8 Å². The Bertz CT molecular complexity index is 655. The van der Waals surface area contributed by atoms with Gasteiger partial charge in [0.25, 0.3) is 0 Å². The summed E-state index contributed by atoms with van der Waals surface area (Å²) in [7, 11) is -3.68. The molecule has 116 valence electrons. The maximum absolute atomic E-state index is 13.6. The van der Waals surface area contributed by atoms with Crippen LogP contribution in [0.25, 0.3) is 0 Å². The third kappa shape index (κ3) is 3.59. The van der Waals surface area contributed by atoms with Gasteiger partial charge in [-0.1, -0.05) is 12.2 Å². The number of sulfonamides is 1. The zero-order chi connectivity index (χ0) is 15.8. The van der Waals surface area contributed by atoms with Crippen molar-refractivity contribution in [2.75, 3.05) is 6.54 Å². The first-order valence-electron chi connectivity index (χ1n) is 6.84. The number of hydrogen-bond donors (Lipinski definition) is 1. The zero-order valence-electron chi connectivity index (χ0n) is 12.0.